The quantitative estimate of drug-likeness (QED) is 0.871. The van der Waals surface area contributed by atoms with Crippen LogP contribution in [0.4, 0.5) is 0 Å². The number of rotatable bonds is 4. The van der Waals surface area contributed by atoms with E-state index in [1.165, 1.54) is 5.56 Å². The summed E-state index contributed by atoms with van der Waals surface area (Å²) in [5, 5.41) is 3.44. The molecule has 26 heavy (non-hydrogen) atoms. The van der Waals surface area contributed by atoms with Crippen LogP contribution in [0.25, 0.3) is 0 Å². The maximum absolute atomic E-state index is 12.9. The van der Waals surface area contributed by atoms with Crippen molar-refractivity contribution < 1.29 is 4.79 Å². The molecule has 1 amide bonds. The largest absolute Gasteiger partial charge is 0.342 e. The van der Waals surface area contributed by atoms with Crippen molar-refractivity contribution in [2.24, 2.45) is 5.92 Å². The van der Waals surface area contributed by atoms with E-state index in [2.05, 4.69) is 59.3 Å². The van der Waals surface area contributed by atoms with Gasteiger partial charge in [0.1, 0.15) is 0 Å². The highest BCUT2D eigenvalue weighted by Crippen LogP contribution is 2.26. The van der Waals surface area contributed by atoms with Crippen molar-refractivity contribution in [3.63, 3.8) is 0 Å². The normalized spacial score (nSPS) is 29.7. The fourth-order valence-corrected chi connectivity index (χ4v) is 4.42. The first-order valence-corrected chi connectivity index (χ1v) is 9.82. The fourth-order valence-electron chi connectivity index (χ4n) is 4.42. The molecule has 2 aliphatic rings. The van der Waals surface area contributed by atoms with Crippen LogP contribution in [0.3, 0.4) is 0 Å². The summed E-state index contributed by atoms with van der Waals surface area (Å²) in [6.07, 6.45) is 4.12. The van der Waals surface area contributed by atoms with Gasteiger partial charge in [0.05, 0.1) is 0 Å². The number of nitrogens with one attached hydrogen (secondary N) is 1. The minimum atomic E-state index is 0. The molecule has 2 aliphatic heterocycles. The Labute approximate surface area is 164 Å². The van der Waals surface area contributed by atoms with E-state index in [-0.39, 0.29) is 18.3 Å². The van der Waals surface area contributed by atoms with Crippen LogP contribution >= 0.6 is 12.4 Å². The standard InChI is InChI=1S/C21H33N3O.ClH/c1-16-13-19(9-11-22-16)21(25)23(3)20-10-12-24(17(2)14-20)15-18-7-5-4-6-8-18;/h4-8,16-17,19-20,22H,9-15H2,1-3H3;1H/t16-,17?,19-,20?;/m0./s1. The zero-order valence-electron chi connectivity index (χ0n) is 16.4. The smallest absolute Gasteiger partial charge is 0.225 e. The Balaban J connectivity index is 0.00000243. The van der Waals surface area contributed by atoms with Crippen molar-refractivity contribution in [3.05, 3.63) is 35.9 Å². The molecular weight excluding hydrogens is 346 g/mol. The summed E-state index contributed by atoms with van der Waals surface area (Å²) in [6, 6.07) is 12.1. The highest BCUT2D eigenvalue weighted by molar-refractivity contribution is 5.85. The molecular formula is C21H34ClN3O. The molecule has 3 rings (SSSR count). The van der Waals surface area contributed by atoms with E-state index in [1.54, 1.807) is 0 Å². The third kappa shape index (κ3) is 5.21. The van der Waals surface area contributed by atoms with Crippen molar-refractivity contribution in [2.45, 2.75) is 64.2 Å². The summed E-state index contributed by atoms with van der Waals surface area (Å²) in [4.78, 5) is 17.5. The van der Waals surface area contributed by atoms with E-state index >= 15 is 0 Å². The Morgan fingerprint density at radius 1 is 1.19 bits per heavy atom. The van der Waals surface area contributed by atoms with E-state index in [0.29, 0.717) is 24.0 Å². The zero-order valence-corrected chi connectivity index (χ0v) is 17.2. The second-order valence-electron chi connectivity index (χ2n) is 8.01. The van der Waals surface area contributed by atoms with Crippen LogP contribution in [0, 0.1) is 5.92 Å². The predicted octanol–water partition coefficient (Wildman–Crippen LogP) is 3.31. The van der Waals surface area contributed by atoms with E-state index in [1.807, 2.05) is 7.05 Å². The number of carbonyl (C=O) groups excluding carboxylic acids is 1. The second-order valence-corrected chi connectivity index (χ2v) is 8.01. The summed E-state index contributed by atoms with van der Waals surface area (Å²) in [7, 11) is 2.03. The molecule has 2 unspecified atom stereocenters. The van der Waals surface area contributed by atoms with Gasteiger partial charge < -0.3 is 10.2 Å². The number of likely N-dealkylation sites (tertiary alicyclic amines) is 1. The topological polar surface area (TPSA) is 35.6 Å². The summed E-state index contributed by atoms with van der Waals surface area (Å²) in [6.45, 7) is 7.54. The molecule has 2 fully saturated rings. The molecule has 4 atom stereocenters. The molecule has 2 heterocycles. The molecule has 146 valence electrons. The van der Waals surface area contributed by atoms with Gasteiger partial charge in [0, 0.05) is 44.2 Å². The second kappa shape index (κ2) is 9.72. The summed E-state index contributed by atoms with van der Waals surface area (Å²) in [5.41, 5.74) is 1.38. The van der Waals surface area contributed by atoms with E-state index in [0.717, 1.165) is 45.3 Å². The molecule has 1 aromatic rings. The average molecular weight is 380 g/mol. The van der Waals surface area contributed by atoms with Gasteiger partial charge >= 0.3 is 0 Å². The number of halogens is 1. The van der Waals surface area contributed by atoms with Crippen LogP contribution in [0.5, 0.6) is 0 Å². The SMILES string of the molecule is CC1CC(N(C)C(=O)[C@H]2CCN[C@@H](C)C2)CCN1Cc1ccccc1.Cl. The van der Waals surface area contributed by atoms with Crippen molar-refractivity contribution in [1.82, 2.24) is 15.1 Å². The van der Waals surface area contributed by atoms with Gasteiger partial charge in [-0.2, -0.15) is 0 Å². The van der Waals surface area contributed by atoms with E-state index < -0.39 is 0 Å². The van der Waals surface area contributed by atoms with Crippen molar-refractivity contribution >= 4 is 18.3 Å². The Kier molecular flexibility index (Phi) is 7.93. The lowest BCUT2D eigenvalue weighted by Gasteiger charge is -2.42. The molecule has 0 radical (unpaired) electrons. The molecule has 1 N–H and O–H groups in total. The highest BCUT2D eigenvalue weighted by atomic mass is 35.5. The van der Waals surface area contributed by atoms with Gasteiger partial charge in [-0.05, 0) is 51.6 Å². The minimum absolute atomic E-state index is 0. The third-order valence-electron chi connectivity index (χ3n) is 6.08. The van der Waals surface area contributed by atoms with Crippen LogP contribution in [0.1, 0.15) is 45.1 Å². The Bertz CT molecular complexity index is 568. The molecule has 0 saturated carbocycles. The molecule has 4 nitrogen and oxygen atoms in total. The van der Waals surface area contributed by atoms with Gasteiger partial charge in [-0.3, -0.25) is 9.69 Å². The molecule has 0 aliphatic carbocycles. The van der Waals surface area contributed by atoms with Crippen LogP contribution in [-0.4, -0.2) is 54.0 Å². The van der Waals surface area contributed by atoms with E-state index in [9.17, 15) is 4.79 Å². The van der Waals surface area contributed by atoms with E-state index in [4.69, 9.17) is 0 Å². The Morgan fingerprint density at radius 2 is 1.92 bits per heavy atom. The van der Waals surface area contributed by atoms with Crippen LogP contribution in [-0.2, 0) is 11.3 Å². The van der Waals surface area contributed by atoms with Crippen molar-refractivity contribution in [1.29, 1.82) is 0 Å². The average Bonchev–Trinajstić information content (AvgIpc) is 2.63. The number of piperidine rings is 2. The predicted molar refractivity (Wildman–Crippen MR) is 110 cm³/mol. The van der Waals surface area contributed by atoms with Gasteiger partial charge in [0.2, 0.25) is 5.91 Å². The van der Waals surface area contributed by atoms with Crippen molar-refractivity contribution in [3.8, 4) is 0 Å². The fraction of sp³-hybridized carbons (Fsp3) is 0.667. The lowest BCUT2D eigenvalue weighted by Crippen LogP contribution is -2.51. The number of nitrogens with zero attached hydrogens (tertiary/aromatic N) is 2. The number of carbonyl (C=O) groups is 1. The van der Waals surface area contributed by atoms with Crippen LogP contribution < -0.4 is 5.32 Å². The van der Waals surface area contributed by atoms with Gasteiger partial charge in [-0.15, -0.1) is 12.4 Å². The zero-order chi connectivity index (χ0) is 17.8. The van der Waals surface area contributed by atoms with Crippen LogP contribution in [0.2, 0.25) is 0 Å². The van der Waals surface area contributed by atoms with Gasteiger partial charge in [0.25, 0.3) is 0 Å². The lowest BCUT2D eigenvalue weighted by molar-refractivity contribution is -0.138. The number of hydrogen-bond donors (Lipinski definition) is 1. The molecule has 0 bridgehead atoms. The minimum Gasteiger partial charge on any atom is -0.342 e. The maximum atomic E-state index is 12.9. The monoisotopic (exact) mass is 379 g/mol. The first-order chi connectivity index (χ1) is 12.0. The first-order valence-electron chi connectivity index (χ1n) is 9.82. The molecule has 2 saturated heterocycles. The summed E-state index contributed by atoms with van der Waals surface area (Å²) < 4.78 is 0. The highest BCUT2D eigenvalue weighted by Gasteiger charge is 2.33. The molecule has 1 aromatic carbocycles. The third-order valence-corrected chi connectivity index (χ3v) is 6.08. The number of amides is 1. The first kappa shape index (κ1) is 21.2. The Morgan fingerprint density at radius 3 is 2.58 bits per heavy atom. The summed E-state index contributed by atoms with van der Waals surface area (Å²) in [5.74, 6) is 0.570. The van der Waals surface area contributed by atoms with Gasteiger partial charge in [-0.1, -0.05) is 30.3 Å². The van der Waals surface area contributed by atoms with Gasteiger partial charge in [-0.25, -0.2) is 0 Å². The number of hydrogen-bond acceptors (Lipinski definition) is 3. The lowest BCUT2D eigenvalue weighted by atomic mass is 9.90. The molecule has 0 aromatic heterocycles. The molecule has 0 spiro atoms. The molecule has 5 heteroatoms. The van der Waals surface area contributed by atoms with Crippen molar-refractivity contribution in [2.75, 3.05) is 20.1 Å². The maximum Gasteiger partial charge on any atom is 0.225 e. The van der Waals surface area contributed by atoms with Gasteiger partial charge in [0.15, 0.2) is 0 Å². The summed E-state index contributed by atoms with van der Waals surface area (Å²) >= 11 is 0. The Hall–Kier alpha value is -1.10. The number of benzene rings is 1. The van der Waals surface area contributed by atoms with Crippen LogP contribution in [0.15, 0.2) is 30.3 Å².